The number of benzene rings is 1. The summed E-state index contributed by atoms with van der Waals surface area (Å²) in [5.41, 5.74) is 4.73. The summed E-state index contributed by atoms with van der Waals surface area (Å²) in [5.74, 6) is -0.781. The van der Waals surface area contributed by atoms with Gasteiger partial charge in [-0.3, -0.25) is 14.9 Å². The van der Waals surface area contributed by atoms with Crippen LogP contribution in [0, 0.1) is 10.1 Å². The highest BCUT2D eigenvalue weighted by atomic mass is 16.6. The van der Waals surface area contributed by atoms with Crippen LogP contribution in [0.4, 0.5) is 10.5 Å². The Hall–Kier alpha value is -2.84. The van der Waals surface area contributed by atoms with Crippen LogP contribution in [0.3, 0.4) is 0 Å². The minimum Gasteiger partial charge on any atom is -0.482 e. The van der Waals surface area contributed by atoms with Crippen LogP contribution in [0.25, 0.3) is 0 Å². The third-order valence-corrected chi connectivity index (χ3v) is 3.38. The molecule has 1 aromatic carbocycles. The Morgan fingerprint density at radius 1 is 1.45 bits per heavy atom. The second-order valence-electron chi connectivity index (χ2n) is 4.91. The monoisotopic (exact) mass is 309 g/mol. The number of amides is 2. The molecule has 9 nitrogen and oxygen atoms in total. The van der Waals surface area contributed by atoms with Crippen LogP contribution in [0.2, 0.25) is 0 Å². The summed E-state index contributed by atoms with van der Waals surface area (Å²) in [6.07, 6.45) is -0.308. The second-order valence-corrected chi connectivity index (χ2v) is 4.91. The summed E-state index contributed by atoms with van der Waals surface area (Å²) in [4.78, 5) is 33.7. The summed E-state index contributed by atoms with van der Waals surface area (Å²) in [7, 11) is 0. The van der Waals surface area contributed by atoms with Gasteiger partial charge in [0, 0.05) is 18.2 Å². The summed E-state index contributed by atoms with van der Waals surface area (Å²) >= 11 is 0. The van der Waals surface area contributed by atoms with Gasteiger partial charge in [0.05, 0.1) is 11.5 Å². The largest absolute Gasteiger partial charge is 0.482 e. The van der Waals surface area contributed by atoms with Crippen molar-refractivity contribution in [2.75, 3.05) is 13.1 Å². The maximum Gasteiger partial charge on any atom is 0.407 e. The van der Waals surface area contributed by atoms with Gasteiger partial charge in [0.25, 0.3) is 0 Å². The fourth-order valence-corrected chi connectivity index (χ4v) is 2.30. The first-order valence-corrected chi connectivity index (χ1v) is 6.61. The van der Waals surface area contributed by atoms with Gasteiger partial charge in [-0.05, 0) is 25.0 Å². The van der Waals surface area contributed by atoms with Crippen molar-refractivity contribution in [1.82, 2.24) is 4.90 Å². The van der Waals surface area contributed by atoms with E-state index in [-0.39, 0.29) is 23.5 Å². The zero-order chi connectivity index (χ0) is 16.3. The van der Waals surface area contributed by atoms with E-state index >= 15 is 0 Å². The molecular weight excluding hydrogens is 294 g/mol. The number of nitro benzene ring substituents is 1. The Balaban J connectivity index is 2.20. The quantitative estimate of drug-likeness (QED) is 0.633. The molecule has 0 saturated carbocycles. The summed E-state index contributed by atoms with van der Waals surface area (Å²) in [6.45, 7) is 0.557. The average Bonchev–Trinajstić information content (AvgIpc) is 2.47. The molecule has 0 aromatic heterocycles. The van der Waals surface area contributed by atoms with Crippen molar-refractivity contribution >= 4 is 17.7 Å². The predicted molar refractivity (Wildman–Crippen MR) is 74.9 cm³/mol. The van der Waals surface area contributed by atoms with Gasteiger partial charge in [0.1, 0.15) is 6.10 Å². The highest BCUT2D eigenvalue weighted by Gasteiger charge is 2.27. The second kappa shape index (κ2) is 6.29. The first-order chi connectivity index (χ1) is 10.4. The molecule has 1 aliphatic heterocycles. The Bertz CT molecular complexity index is 618. The number of nitrogens with two attached hydrogens (primary N) is 1. The van der Waals surface area contributed by atoms with E-state index in [0.717, 1.165) is 6.07 Å². The fraction of sp³-hybridized carbons (Fsp3) is 0.385. The molecule has 2 amide bonds. The molecule has 1 aromatic rings. The van der Waals surface area contributed by atoms with Crippen molar-refractivity contribution < 1.29 is 24.4 Å². The van der Waals surface area contributed by atoms with Crippen LogP contribution in [0.15, 0.2) is 18.2 Å². The van der Waals surface area contributed by atoms with Crippen LogP contribution >= 0.6 is 0 Å². The number of carbonyl (C=O) groups excluding carboxylic acids is 1. The molecule has 1 fully saturated rings. The molecule has 0 radical (unpaired) electrons. The number of nitrogens with zero attached hydrogens (tertiary/aromatic N) is 2. The zero-order valence-corrected chi connectivity index (χ0v) is 11.6. The SMILES string of the molecule is NC(=O)c1ccc(O[C@H]2CCCN(C(=O)O)C2)c([N+](=O)[O-])c1. The number of piperidine rings is 1. The van der Waals surface area contributed by atoms with Crippen molar-refractivity contribution in [3.05, 3.63) is 33.9 Å². The number of likely N-dealkylation sites (tertiary alicyclic amines) is 1. The van der Waals surface area contributed by atoms with Crippen molar-refractivity contribution in [2.45, 2.75) is 18.9 Å². The Kier molecular flexibility index (Phi) is 4.44. The number of carbonyl (C=O) groups is 2. The number of nitro groups is 1. The highest BCUT2D eigenvalue weighted by molar-refractivity contribution is 5.93. The van der Waals surface area contributed by atoms with E-state index in [2.05, 4.69) is 0 Å². The average molecular weight is 309 g/mol. The van der Waals surface area contributed by atoms with Crippen LogP contribution in [0.5, 0.6) is 5.75 Å². The Labute approximate surface area is 125 Å². The fourth-order valence-electron chi connectivity index (χ4n) is 2.30. The molecule has 0 unspecified atom stereocenters. The molecular formula is C13H15N3O6. The molecule has 0 spiro atoms. The van der Waals surface area contributed by atoms with Gasteiger partial charge in [-0.2, -0.15) is 0 Å². The van der Waals surface area contributed by atoms with E-state index in [1.165, 1.54) is 17.0 Å². The highest BCUT2D eigenvalue weighted by Crippen LogP contribution is 2.30. The molecule has 118 valence electrons. The van der Waals surface area contributed by atoms with Gasteiger partial charge >= 0.3 is 11.8 Å². The first kappa shape index (κ1) is 15.5. The van der Waals surface area contributed by atoms with Gasteiger partial charge in [-0.15, -0.1) is 0 Å². The van der Waals surface area contributed by atoms with Gasteiger partial charge in [-0.25, -0.2) is 4.79 Å². The molecule has 0 aliphatic carbocycles. The van der Waals surface area contributed by atoms with Crippen molar-refractivity contribution in [3.8, 4) is 5.75 Å². The Morgan fingerprint density at radius 2 is 2.18 bits per heavy atom. The summed E-state index contributed by atoms with van der Waals surface area (Å²) < 4.78 is 5.56. The molecule has 22 heavy (non-hydrogen) atoms. The first-order valence-electron chi connectivity index (χ1n) is 6.61. The maximum atomic E-state index is 11.1. The normalized spacial score (nSPS) is 17.8. The molecule has 0 bridgehead atoms. The summed E-state index contributed by atoms with van der Waals surface area (Å²) in [6, 6.07) is 3.69. The molecule has 1 aliphatic rings. The number of ether oxygens (including phenoxy) is 1. The zero-order valence-electron chi connectivity index (χ0n) is 11.6. The van der Waals surface area contributed by atoms with Gasteiger partial charge in [0.15, 0.2) is 5.75 Å². The third kappa shape index (κ3) is 3.43. The van der Waals surface area contributed by atoms with Gasteiger partial charge < -0.3 is 20.5 Å². The van der Waals surface area contributed by atoms with Gasteiger partial charge in [-0.1, -0.05) is 0 Å². The summed E-state index contributed by atoms with van der Waals surface area (Å²) in [5, 5.41) is 20.1. The van der Waals surface area contributed by atoms with Crippen LogP contribution in [-0.2, 0) is 0 Å². The predicted octanol–water partition coefficient (Wildman–Crippen LogP) is 1.21. The van der Waals surface area contributed by atoms with Crippen molar-refractivity contribution in [2.24, 2.45) is 5.73 Å². The molecule has 3 N–H and O–H groups in total. The number of hydrogen-bond acceptors (Lipinski definition) is 5. The molecule has 1 saturated heterocycles. The minimum atomic E-state index is -1.05. The molecule has 1 atom stereocenters. The van der Waals surface area contributed by atoms with Crippen LogP contribution in [-0.4, -0.2) is 46.1 Å². The number of rotatable bonds is 4. The van der Waals surface area contributed by atoms with Crippen molar-refractivity contribution in [3.63, 3.8) is 0 Å². The van der Waals surface area contributed by atoms with Gasteiger partial charge in [0.2, 0.25) is 5.91 Å². The lowest BCUT2D eigenvalue weighted by molar-refractivity contribution is -0.386. The molecule has 9 heteroatoms. The number of carboxylic acid groups (broad SMARTS) is 1. The van der Waals surface area contributed by atoms with E-state index in [0.29, 0.717) is 19.4 Å². The van der Waals surface area contributed by atoms with E-state index in [9.17, 15) is 19.7 Å². The topological polar surface area (TPSA) is 136 Å². The lowest BCUT2D eigenvalue weighted by atomic mass is 10.1. The lowest BCUT2D eigenvalue weighted by Gasteiger charge is -2.30. The minimum absolute atomic E-state index is 0.00719. The van der Waals surface area contributed by atoms with Crippen LogP contribution < -0.4 is 10.5 Å². The van der Waals surface area contributed by atoms with E-state index in [4.69, 9.17) is 15.6 Å². The number of primary amides is 1. The third-order valence-electron chi connectivity index (χ3n) is 3.38. The molecule has 2 rings (SSSR count). The Morgan fingerprint density at radius 3 is 2.77 bits per heavy atom. The van der Waals surface area contributed by atoms with Crippen LogP contribution in [0.1, 0.15) is 23.2 Å². The van der Waals surface area contributed by atoms with E-state index < -0.39 is 23.0 Å². The smallest absolute Gasteiger partial charge is 0.407 e. The van der Waals surface area contributed by atoms with E-state index in [1.807, 2.05) is 0 Å². The standard InChI is InChI=1S/C13H15N3O6/c14-12(17)8-3-4-11(10(6-8)16(20)21)22-9-2-1-5-15(7-9)13(18)19/h3-4,6,9H,1-2,5,7H2,(H2,14,17)(H,18,19)/t9-/m0/s1. The maximum absolute atomic E-state index is 11.1. The van der Waals surface area contributed by atoms with Crippen molar-refractivity contribution in [1.29, 1.82) is 0 Å². The molecule has 1 heterocycles. The lowest BCUT2D eigenvalue weighted by Crippen LogP contribution is -2.43. The van der Waals surface area contributed by atoms with E-state index in [1.54, 1.807) is 0 Å². The number of hydrogen-bond donors (Lipinski definition) is 2.